The van der Waals surface area contributed by atoms with Crippen LogP contribution in [0.5, 0.6) is 0 Å². The highest BCUT2D eigenvalue weighted by molar-refractivity contribution is 9.11. The molecule has 2 heterocycles. The summed E-state index contributed by atoms with van der Waals surface area (Å²) in [6, 6.07) is 3.51. The number of hydrogen-bond acceptors (Lipinski definition) is 3. The van der Waals surface area contributed by atoms with E-state index >= 15 is 0 Å². The fourth-order valence-electron chi connectivity index (χ4n) is 1.53. The second-order valence-corrected chi connectivity index (χ2v) is 6.97. The van der Waals surface area contributed by atoms with E-state index in [4.69, 9.17) is 23.2 Å². The lowest BCUT2D eigenvalue weighted by atomic mass is 10.2. The van der Waals surface area contributed by atoms with Crippen LogP contribution in [-0.4, -0.2) is 22.8 Å². The molecule has 100 valence electrons. The van der Waals surface area contributed by atoms with Gasteiger partial charge in [0.15, 0.2) is 0 Å². The van der Waals surface area contributed by atoms with Gasteiger partial charge in [0.1, 0.15) is 5.15 Å². The minimum atomic E-state index is -0.145. The first-order valence-electron chi connectivity index (χ1n) is 5.27. The number of aromatic nitrogens is 1. The molecule has 0 fully saturated rings. The monoisotopic (exact) mass is 378 g/mol. The van der Waals surface area contributed by atoms with E-state index < -0.39 is 0 Å². The van der Waals surface area contributed by atoms with Gasteiger partial charge in [0, 0.05) is 19.8 Å². The fourth-order valence-corrected chi connectivity index (χ4v) is 3.00. The Hall–Kier alpha value is -0.620. The number of amides is 1. The van der Waals surface area contributed by atoms with Gasteiger partial charge in [-0.05, 0) is 39.0 Å². The van der Waals surface area contributed by atoms with Crippen LogP contribution >= 0.6 is 50.5 Å². The number of pyridine rings is 1. The maximum absolute atomic E-state index is 12.2. The normalized spacial score (nSPS) is 10.5. The molecule has 7 heteroatoms. The molecule has 19 heavy (non-hydrogen) atoms. The summed E-state index contributed by atoms with van der Waals surface area (Å²) in [6.07, 6.45) is 1.43. The van der Waals surface area contributed by atoms with Crippen LogP contribution in [0.4, 0.5) is 0 Å². The van der Waals surface area contributed by atoms with Crippen LogP contribution < -0.4 is 0 Å². The molecule has 1 amide bonds. The van der Waals surface area contributed by atoms with Crippen molar-refractivity contribution < 1.29 is 4.79 Å². The minimum absolute atomic E-state index is 0.145. The summed E-state index contributed by atoms with van der Waals surface area (Å²) >= 11 is 16.6. The summed E-state index contributed by atoms with van der Waals surface area (Å²) < 4.78 is 1.04. The SMILES string of the molecule is CN(Cc1csc(Br)c1)C(=O)c1cnc(Cl)c(Cl)c1. The van der Waals surface area contributed by atoms with Gasteiger partial charge < -0.3 is 4.90 Å². The van der Waals surface area contributed by atoms with Crippen LogP contribution in [0.1, 0.15) is 15.9 Å². The second-order valence-electron chi connectivity index (χ2n) is 3.92. The van der Waals surface area contributed by atoms with Crippen LogP contribution in [0.25, 0.3) is 0 Å². The molecule has 0 atom stereocenters. The van der Waals surface area contributed by atoms with Gasteiger partial charge in [0.05, 0.1) is 14.4 Å². The summed E-state index contributed by atoms with van der Waals surface area (Å²) in [6.45, 7) is 0.529. The van der Waals surface area contributed by atoms with E-state index in [9.17, 15) is 4.79 Å². The number of carbonyl (C=O) groups excluding carboxylic acids is 1. The number of rotatable bonds is 3. The third-order valence-corrected chi connectivity index (χ3v) is 4.67. The van der Waals surface area contributed by atoms with E-state index in [1.54, 1.807) is 23.3 Å². The van der Waals surface area contributed by atoms with Gasteiger partial charge in [0.25, 0.3) is 5.91 Å². The Balaban J connectivity index is 2.12. The molecule has 2 aromatic heterocycles. The zero-order valence-corrected chi connectivity index (χ0v) is 13.8. The summed E-state index contributed by atoms with van der Waals surface area (Å²) in [5.41, 5.74) is 1.49. The van der Waals surface area contributed by atoms with Crippen LogP contribution in [0, 0.1) is 0 Å². The molecule has 0 aromatic carbocycles. The highest BCUT2D eigenvalue weighted by Crippen LogP contribution is 2.23. The van der Waals surface area contributed by atoms with Gasteiger partial charge in [-0.3, -0.25) is 4.79 Å². The molecule has 3 nitrogen and oxygen atoms in total. The maximum atomic E-state index is 12.2. The highest BCUT2D eigenvalue weighted by Gasteiger charge is 2.14. The molecule has 0 aliphatic heterocycles. The maximum Gasteiger partial charge on any atom is 0.255 e. The quantitative estimate of drug-likeness (QED) is 0.736. The molecular formula is C12H9BrCl2N2OS. The van der Waals surface area contributed by atoms with Crippen LogP contribution in [0.15, 0.2) is 27.5 Å². The molecule has 0 saturated carbocycles. The Kier molecular flexibility index (Phi) is 4.84. The average molecular weight is 380 g/mol. The Morgan fingerprint density at radius 3 is 2.79 bits per heavy atom. The number of thiophene rings is 1. The van der Waals surface area contributed by atoms with Gasteiger partial charge >= 0.3 is 0 Å². The van der Waals surface area contributed by atoms with Gasteiger partial charge in [-0.2, -0.15) is 0 Å². The molecule has 0 N–H and O–H groups in total. The van der Waals surface area contributed by atoms with Crippen molar-refractivity contribution in [2.24, 2.45) is 0 Å². The van der Waals surface area contributed by atoms with Gasteiger partial charge in [-0.15, -0.1) is 11.3 Å². The molecule has 0 radical (unpaired) electrons. The van der Waals surface area contributed by atoms with Crippen LogP contribution in [-0.2, 0) is 6.54 Å². The zero-order valence-electron chi connectivity index (χ0n) is 9.86. The van der Waals surface area contributed by atoms with Crippen LogP contribution in [0.2, 0.25) is 10.2 Å². The van der Waals surface area contributed by atoms with E-state index in [2.05, 4.69) is 20.9 Å². The molecule has 0 aliphatic carbocycles. The van der Waals surface area contributed by atoms with E-state index in [1.165, 1.54) is 12.3 Å². The Morgan fingerprint density at radius 2 is 2.21 bits per heavy atom. The molecule has 2 aromatic rings. The van der Waals surface area contributed by atoms with E-state index in [1.807, 2.05) is 11.4 Å². The summed E-state index contributed by atoms with van der Waals surface area (Å²) in [5.74, 6) is -0.145. The van der Waals surface area contributed by atoms with Crippen molar-refractivity contribution in [2.75, 3.05) is 7.05 Å². The van der Waals surface area contributed by atoms with Crippen molar-refractivity contribution in [2.45, 2.75) is 6.54 Å². The predicted molar refractivity (Wildman–Crippen MR) is 82.1 cm³/mol. The Morgan fingerprint density at radius 1 is 1.47 bits per heavy atom. The molecule has 2 rings (SSSR count). The standard InChI is InChI=1S/C12H9BrCl2N2OS/c1-17(5-7-2-10(13)19-6-7)12(18)8-3-9(14)11(15)16-4-8/h2-4,6H,5H2,1H3. The van der Waals surface area contributed by atoms with E-state index in [0.29, 0.717) is 12.1 Å². The first-order valence-corrected chi connectivity index (χ1v) is 7.69. The van der Waals surface area contributed by atoms with Gasteiger partial charge in [-0.1, -0.05) is 23.2 Å². The van der Waals surface area contributed by atoms with Crippen molar-refractivity contribution in [1.29, 1.82) is 0 Å². The van der Waals surface area contributed by atoms with Gasteiger partial charge in [-0.25, -0.2) is 4.98 Å². The largest absolute Gasteiger partial charge is 0.337 e. The number of hydrogen-bond donors (Lipinski definition) is 0. The number of nitrogens with zero attached hydrogens (tertiary/aromatic N) is 2. The molecule has 0 unspecified atom stereocenters. The molecule has 0 aliphatic rings. The van der Waals surface area contributed by atoms with E-state index in [-0.39, 0.29) is 16.1 Å². The first kappa shape index (κ1) is 14.8. The Labute approximate surface area is 133 Å². The zero-order chi connectivity index (χ0) is 14.0. The second kappa shape index (κ2) is 6.22. The highest BCUT2D eigenvalue weighted by atomic mass is 79.9. The first-order chi connectivity index (χ1) is 8.97. The number of halogens is 3. The molecule has 0 saturated heterocycles. The summed E-state index contributed by atoms with van der Waals surface area (Å²) in [4.78, 5) is 17.7. The molecular weight excluding hydrogens is 371 g/mol. The lowest BCUT2D eigenvalue weighted by Gasteiger charge is -2.16. The topological polar surface area (TPSA) is 33.2 Å². The molecule has 0 spiro atoms. The summed E-state index contributed by atoms with van der Waals surface area (Å²) in [5, 5.41) is 2.47. The third-order valence-electron chi connectivity index (χ3n) is 2.43. The lowest BCUT2D eigenvalue weighted by Crippen LogP contribution is -2.26. The smallest absolute Gasteiger partial charge is 0.255 e. The molecule has 0 bridgehead atoms. The predicted octanol–water partition coefficient (Wildman–Crippen LogP) is 4.48. The van der Waals surface area contributed by atoms with Gasteiger partial charge in [0.2, 0.25) is 0 Å². The fraction of sp³-hybridized carbons (Fsp3) is 0.167. The Bertz CT molecular complexity index is 618. The van der Waals surface area contributed by atoms with Crippen LogP contribution in [0.3, 0.4) is 0 Å². The lowest BCUT2D eigenvalue weighted by molar-refractivity contribution is 0.0785. The van der Waals surface area contributed by atoms with Crippen molar-refractivity contribution in [3.05, 3.63) is 48.8 Å². The minimum Gasteiger partial charge on any atom is -0.337 e. The van der Waals surface area contributed by atoms with E-state index in [0.717, 1.165) is 9.35 Å². The third kappa shape index (κ3) is 3.69. The van der Waals surface area contributed by atoms with Crippen molar-refractivity contribution in [1.82, 2.24) is 9.88 Å². The van der Waals surface area contributed by atoms with Crippen molar-refractivity contribution in [3.8, 4) is 0 Å². The van der Waals surface area contributed by atoms with Crippen molar-refractivity contribution >= 4 is 56.4 Å². The average Bonchev–Trinajstić information content (AvgIpc) is 2.77. The van der Waals surface area contributed by atoms with Crippen molar-refractivity contribution in [3.63, 3.8) is 0 Å². The summed E-state index contributed by atoms with van der Waals surface area (Å²) in [7, 11) is 1.73. The number of carbonyl (C=O) groups is 1.